The van der Waals surface area contributed by atoms with Gasteiger partial charge in [0.15, 0.2) is 12.4 Å². The molecular weight excluding hydrogens is 326 g/mol. The maximum absolute atomic E-state index is 12.8. The summed E-state index contributed by atoms with van der Waals surface area (Å²) in [4.78, 5) is 26.1. The molecule has 3 rings (SSSR count). The van der Waals surface area contributed by atoms with Gasteiger partial charge in [-0.15, -0.1) is 3.97 Å². The number of Topliss-reactive ketones (excluding diaryl/α,β-unsaturated/α-hetero) is 2. The van der Waals surface area contributed by atoms with Crippen molar-refractivity contribution in [1.82, 2.24) is 0 Å². The van der Waals surface area contributed by atoms with E-state index in [2.05, 4.69) is 0 Å². The Bertz CT molecular complexity index is 856. The molecule has 1 aromatic carbocycles. The highest BCUT2D eigenvalue weighted by atomic mass is 32.2. The first kappa shape index (κ1) is 16.3. The second-order valence-electron chi connectivity index (χ2n) is 5.23. The maximum atomic E-state index is 12.8. The van der Waals surface area contributed by atoms with Gasteiger partial charge in [0.1, 0.15) is 0 Å². The number of rotatable bonds is 4. The van der Waals surface area contributed by atoms with Crippen LogP contribution < -0.4 is 3.97 Å². The molecule has 0 bridgehead atoms. The highest BCUT2D eigenvalue weighted by Gasteiger charge is 2.37. The Kier molecular flexibility index (Phi) is 4.40. The van der Waals surface area contributed by atoms with Gasteiger partial charge in [-0.3, -0.25) is 9.59 Å². The molecule has 0 saturated heterocycles. The van der Waals surface area contributed by atoms with Crippen molar-refractivity contribution in [3.63, 3.8) is 0 Å². The van der Waals surface area contributed by atoms with Crippen molar-refractivity contribution in [2.24, 2.45) is 0 Å². The number of pyridine rings is 1. The van der Waals surface area contributed by atoms with E-state index in [9.17, 15) is 9.59 Å². The quantitative estimate of drug-likeness (QED) is 0.800. The monoisotopic (exact) mass is 342 g/mol. The summed E-state index contributed by atoms with van der Waals surface area (Å²) in [5.41, 5.74) is 1.82. The predicted molar refractivity (Wildman–Crippen MR) is 88.8 cm³/mol. The molecule has 0 aliphatic heterocycles. The van der Waals surface area contributed by atoms with Crippen LogP contribution in [0.15, 0.2) is 59.1 Å². The molecule has 0 spiro atoms. The predicted octanol–water partition coefficient (Wildman–Crippen LogP) is 2.72. The van der Waals surface area contributed by atoms with Crippen LogP contribution in [0, 0.1) is 6.92 Å². The first-order valence-corrected chi connectivity index (χ1v) is 8.05. The molecule has 1 heterocycles. The van der Waals surface area contributed by atoms with E-state index in [0.717, 1.165) is 5.56 Å². The van der Waals surface area contributed by atoms with Gasteiger partial charge in [0.25, 0.3) is 0 Å². The number of methoxy groups -OCH3 is 2. The molecule has 0 amide bonds. The lowest BCUT2D eigenvalue weighted by atomic mass is 9.92. The Balaban J connectivity index is 2.09. The summed E-state index contributed by atoms with van der Waals surface area (Å²) in [6.07, 6.45) is 3.81. The average molecular weight is 342 g/mol. The van der Waals surface area contributed by atoms with Crippen molar-refractivity contribution in [3.05, 3.63) is 70.9 Å². The zero-order chi connectivity index (χ0) is 17.3. The zero-order valence-electron chi connectivity index (χ0n) is 13.5. The summed E-state index contributed by atoms with van der Waals surface area (Å²) < 4.78 is 12.1. The van der Waals surface area contributed by atoms with Crippen LogP contribution in [0.2, 0.25) is 0 Å². The third-order valence-electron chi connectivity index (χ3n) is 3.70. The molecule has 1 aliphatic carbocycles. The fraction of sp³-hybridized carbons (Fsp3) is 0.167. The summed E-state index contributed by atoms with van der Waals surface area (Å²) in [7, 11) is 2.71. The van der Waals surface area contributed by atoms with E-state index in [4.69, 9.17) is 9.47 Å². The third-order valence-corrected chi connectivity index (χ3v) is 4.69. The smallest absolute Gasteiger partial charge is 0.233 e. The minimum atomic E-state index is -0.347. The fourth-order valence-corrected chi connectivity index (χ4v) is 3.41. The van der Waals surface area contributed by atoms with Crippen molar-refractivity contribution in [1.29, 1.82) is 0 Å². The van der Waals surface area contributed by atoms with Gasteiger partial charge in [0, 0.05) is 17.7 Å². The minimum Gasteiger partial charge on any atom is -0.489 e. The van der Waals surface area contributed by atoms with Crippen molar-refractivity contribution in [3.8, 4) is 0 Å². The van der Waals surface area contributed by atoms with Crippen LogP contribution in [-0.2, 0) is 9.47 Å². The number of nitrogens with zero attached hydrogens (tertiary/aromatic N) is 1. The lowest BCUT2D eigenvalue weighted by Gasteiger charge is -2.19. The number of hydrogen-bond donors (Lipinski definition) is 0. The molecule has 0 N–H and O–H groups in total. The van der Waals surface area contributed by atoms with E-state index in [1.165, 1.54) is 26.2 Å². The number of benzene rings is 1. The van der Waals surface area contributed by atoms with Gasteiger partial charge in [-0.2, -0.15) is 0 Å². The van der Waals surface area contributed by atoms with Crippen LogP contribution >= 0.6 is 11.9 Å². The first-order valence-electron chi connectivity index (χ1n) is 7.27. The van der Waals surface area contributed by atoms with Gasteiger partial charge in [0.05, 0.1) is 24.7 Å². The van der Waals surface area contributed by atoms with E-state index in [1.54, 1.807) is 12.1 Å². The largest absolute Gasteiger partial charge is 0.489 e. The van der Waals surface area contributed by atoms with Gasteiger partial charge in [-0.05, 0) is 18.6 Å². The summed E-state index contributed by atoms with van der Waals surface area (Å²) in [6.45, 7) is 2.00. The summed E-state index contributed by atoms with van der Waals surface area (Å²) in [5, 5.41) is 0. The first-order chi connectivity index (χ1) is 11.6. The number of aromatic nitrogens is 1. The number of hydrogen-bond acceptors (Lipinski definition) is 5. The number of allylic oxidation sites excluding steroid dienone is 2. The Morgan fingerprint density at radius 2 is 1.54 bits per heavy atom. The molecular formula is C18H16NO4S+. The molecule has 5 nitrogen and oxygen atoms in total. The minimum absolute atomic E-state index is 0.0554. The number of fused-ring (bicyclic) bond motifs is 1. The van der Waals surface area contributed by atoms with Crippen LogP contribution in [0.3, 0.4) is 0 Å². The zero-order valence-corrected chi connectivity index (χ0v) is 14.3. The second kappa shape index (κ2) is 6.49. The van der Waals surface area contributed by atoms with Gasteiger partial charge >= 0.3 is 0 Å². The Labute approximate surface area is 144 Å². The molecule has 1 aromatic heterocycles. The normalized spacial score (nSPS) is 13.8. The highest BCUT2D eigenvalue weighted by Crippen LogP contribution is 2.33. The van der Waals surface area contributed by atoms with Gasteiger partial charge in [-0.1, -0.05) is 12.1 Å². The van der Waals surface area contributed by atoms with Crippen LogP contribution in [0.4, 0.5) is 0 Å². The van der Waals surface area contributed by atoms with E-state index in [0.29, 0.717) is 16.0 Å². The van der Waals surface area contributed by atoms with Crippen LogP contribution in [0.5, 0.6) is 0 Å². The second-order valence-corrected chi connectivity index (χ2v) is 6.27. The molecule has 1 aliphatic rings. The van der Waals surface area contributed by atoms with Gasteiger partial charge in [-0.25, -0.2) is 0 Å². The number of ketones is 2. The van der Waals surface area contributed by atoms with Crippen LogP contribution in [0.1, 0.15) is 26.3 Å². The van der Waals surface area contributed by atoms with Crippen molar-refractivity contribution in [2.45, 2.75) is 11.8 Å². The van der Waals surface area contributed by atoms with Crippen LogP contribution in [0.25, 0.3) is 0 Å². The van der Waals surface area contributed by atoms with Crippen molar-refractivity contribution in [2.75, 3.05) is 14.2 Å². The molecule has 0 radical (unpaired) electrons. The molecule has 0 atom stereocenters. The molecule has 122 valence electrons. The summed E-state index contributed by atoms with van der Waals surface area (Å²) in [6, 6.07) is 9.14. The SMILES string of the molecule is COC1=C(OC)C(=O)c2c(S[n+]3ccc(C)cc3)cccc2C1=O. The van der Waals surface area contributed by atoms with Gasteiger partial charge in [0.2, 0.25) is 35.0 Å². The maximum Gasteiger partial charge on any atom is 0.233 e. The Hall–Kier alpha value is -2.60. The Morgan fingerprint density at radius 3 is 2.17 bits per heavy atom. The Morgan fingerprint density at radius 1 is 0.917 bits per heavy atom. The number of ether oxygens (including phenoxy) is 2. The van der Waals surface area contributed by atoms with Crippen molar-refractivity contribution >= 4 is 23.5 Å². The standard InChI is InChI=1S/C18H16NO4S/c1-11-7-9-19(10-8-11)24-13-6-4-5-12-14(13)16(21)18(23-3)17(22-2)15(12)20/h4-10H,1-3H3/q+1. The fourth-order valence-electron chi connectivity index (χ4n) is 2.51. The van der Waals surface area contributed by atoms with E-state index >= 15 is 0 Å². The lowest BCUT2D eigenvalue weighted by Crippen LogP contribution is -2.27. The highest BCUT2D eigenvalue weighted by molar-refractivity contribution is 7.93. The van der Waals surface area contributed by atoms with Crippen LogP contribution in [-0.4, -0.2) is 25.8 Å². The lowest BCUT2D eigenvalue weighted by molar-refractivity contribution is -0.494. The molecule has 6 heteroatoms. The average Bonchev–Trinajstić information content (AvgIpc) is 2.59. The van der Waals surface area contributed by atoms with Crippen molar-refractivity contribution < 1.29 is 23.0 Å². The number of aryl methyl sites for hydroxylation is 1. The topological polar surface area (TPSA) is 56.5 Å². The summed E-state index contributed by atoms with van der Waals surface area (Å²) in [5.74, 6) is -0.808. The van der Waals surface area contributed by atoms with Gasteiger partial charge < -0.3 is 9.47 Å². The number of carbonyl (C=O) groups is 2. The summed E-state index contributed by atoms with van der Waals surface area (Å²) >= 11 is 1.36. The molecule has 0 fully saturated rings. The molecule has 24 heavy (non-hydrogen) atoms. The van der Waals surface area contributed by atoms with E-state index in [1.807, 2.05) is 41.5 Å². The molecule has 0 saturated carbocycles. The van der Waals surface area contributed by atoms with E-state index < -0.39 is 0 Å². The molecule has 0 unspecified atom stereocenters. The number of carbonyl (C=O) groups excluding carboxylic acids is 2. The third kappa shape index (κ3) is 2.69. The molecule has 2 aromatic rings. The van der Waals surface area contributed by atoms with E-state index in [-0.39, 0.29) is 23.1 Å².